The quantitative estimate of drug-likeness (QED) is 0.138. The van der Waals surface area contributed by atoms with Gasteiger partial charge in [0.25, 0.3) is 0 Å². The minimum atomic E-state index is -0.876. The van der Waals surface area contributed by atoms with Crippen LogP contribution in [0.15, 0.2) is 47.6 Å². The van der Waals surface area contributed by atoms with E-state index in [1.165, 1.54) is 96.3 Å². The van der Waals surface area contributed by atoms with Crippen molar-refractivity contribution in [1.29, 1.82) is 0 Å². The standard InChI is InChI=1S/C22H42O2.C10H10O2/c1-3-4-5-6-7-8-9-10-11-12-13-14-15-16-17-18-19-20-21(2)22(23)24;1-8(10(11)12)7-9-5-3-2-4-6-9/h20H,3-19H2,1-2H3,(H,23,24);2-7H,1H3,(H,11,12). The lowest BCUT2D eigenvalue weighted by Crippen LogP contribution is -1.95. The fourth-order valence-corrected chi connectivity index (χ4v) is 3.96. The molecule has 0 aliphatic carbocycles. The van der Waals surface area contributed by atoms with Crippen LogP contribution in [0, 0.1) is 0 Å². The molecule has 0 aromatic heterocycles. The maximum Gasteiger partial charge on any atom is 0.331 e. The third-order valence-electron chi connectivity index (χ3n) is 6.37. The van der Waals surface area contributed by atoms with E-state index in [0.717, 1.165) is 18.4 Å². The second kappa shape index (κ2) is 24.3. The third-order valence-corrected chi connectivity index (χ3v) is 6.37. The summed E-state index contributed by atoms with van der Waals surface area (Å²) in [6.45, 7) is 5.53. The fraction of sp³-hybridized carbons (Fsp3) is 0.625. The van der Waals surface area contributed by atoms with E-state index in [4.69, 9.17) is 10.2 Å². The van der Waals surface area contributed by atoms with Crippen LogP contribution in [-0.2, 0) is 9.59 Å². The third kappa shape index (κ3) is 22.1. The summed E-state index contributed by atoms with van der Waals surface area (Å²) in [5.41, 5.74) is 1.74. The lowest BCUT2D eigenvalue weighted by Gasteiger charge is -2.03. The molecule has 36 heavy (non-hydrogen) atoms. The van der Waals surface area contributed by atoms with E-state index < -0.39 is 11.9 Å². The molecule has 0 bridgehead atoms. The summed E-state index contributed by atoms with van der Waals surface area (Å²) in [6, 6.07) is 9.38. The molecule has 0 amide bonds. The number of carboxylic acids is 2. The van der Waals surface area contributed by atoms with Crippen LogP contribution in [0.25, 0.3) is 6.08 Å². The van der Waals surface area contributed by atoms with Gasteiger partial charge in [-0.1, -0.05) is 140 Å². The van der Waals surface area contributed by atoms with Crippen LogP contribution in [0.1, 0.15) is 135 Å². The van der Waals surface area contributed by atoms with Crippen molar-refractivity contribution < 1.29 is 19.8 Å². The van der Waals surface area contributed by atoms with Gasteiger partial charge in [0.1, 0.15) is 0 Å². The van der Waals surface area contributed by atoms with Gasteiger partial charge in [0.2, 0.25) is 0 Å². The summed E-state index contributed by atoms with van der Waals surface area (Å²) in [5.74, 6) is -1.66. The van der Waals surface area contributed by atoms with Crippen molar-refractivity contribution in [2.75, 3.05) is 0 Å². The van der Waals surface area contributed by atoms with Gasteiger partial charge in [0.15, 0.2) is 0 Å². The number of allylic oxidation sites excluding steroid dienone is 1. The van der Waals surface area contributed by atoms with Crippen molar-refractivity contribution in [3.05, 3.63) is 53.1 Å². The molecule has 0 heterocycles. The lowest BCUT2D eigenvalue weighted by atomic mass is 10.0. The fourth-order valence-electron chi connectivity index (χ4n) is 3.96. The molecule has 0 fully saturated rings. The Kier molecular flexibility index (Phi) is 22.7. The molecule has 4 heteroatoms. The van der Waals surface area contributed by atoms with Gasteiger partial charge in [-0.25, -0.2) is 9.59 Å². The average molecular weight is 501 g/mol. The van der Waals surface area contributed by atoms with Crippen LogP contribution in [0.5, 0.6) is 0 Å². The number of benzene rings is 1. The topological polar surface area (TPSA) is 74.6 Å². The maximum atomic E-state index is 10.6. The van der Waals surface area contributed by atoms with Crippen molar-refractivity contribution in [1.82, 2.24) is 0 Å². The predicted molar refractivity (Wildman–Crippen MR) is 153 cm³/mol. The van der Waals surface area contributed by atoms with Crippen LogP contribution in [0.2, 0.25) is 0 Å². The normalized spacial score (nSPS) is 11.6. The average Bonchev–Trinajstić information content (AvgIpc) is 2.86. The molecule has 0 saturated carbocycles. The molecular weight excluding hydrogens is 448 g/mol. The van der Waals surface area contributed by atoms with E-state index in [-0.39, 0.29) is 0 Å². The summed E-state index contributed by atoms with van der Waals surface area (Å²) in [4.78, 5) is 21.1. The first-order valence-corrected chi connectivity index (χ1v) is 14.2. The van der Waals surface area contributed by atoms with E-state index in [0.29, 0.717) is 11.1 Å². The number of aliphatic carboxylic acids is 2. The molecule has 2 N–H and O–H groups in total. The van der Waals surface area contributed by atoms with E-state index in [1.54, 1.807) is 19.9 Å². The Balaban J connectivity index is 0.000000846. The van der Waals surface area contributed by atoms with Crippen LogP contribution >= 0.6 is 0 Å². The number of hydrogen-bond donors (Lipinski definition) is 2. The Morgan fingerprint density at radius 1 is 0.611 bits per heavy atom. The van der Waals surface area contributed by atoms with E-state index in [1.807, 2.05) is 36.4 Å². The number of carboxylic acid groups (broad SMARTS) is 2. The Bertz CT molecular complexity index is 734. The molecule has 0 atom stereocenters. The molecule has 0 radical (unpaired) electrons. The van der Waals surface area contributed by atoms with E-state index in [2.05, 4.69) is 6.92 Å². The van der Waals surface area contributed by atoms with E-state index >= 15 is 0 Å². The maximum absolute atomic E-state index is 10.6. The second-order valence-electron chi connectivity index (χ2n) is 9.83. The summed E-state index contributed by atoms with van der Waals surface area (Å²) in [6.07, 6.45) is 26.4. The van der Waals surface area contributed by atoms with Gasteiger partial charge in [-0.15, -0.1) is 0 Å². The van der Waals surface area contributed by atoms with Gasteiger partial charge in [-0.2, -0.15) is 0 Å². The van der Waals surface area contributed by atoms with Crippen LogP contribution in [0.4, 0.5) is 0 Å². The highest BCUT2D eigenvalue weighted by Crippen LogP contribution is 2.14. The highest BCUT2D eigenvalue weighted by Gasteiger charge is 1.99. The van der Waals surface area contributed by atoms with Gasteiger partial charge >= 0.3 is 11.9 Å². The zero-order valence-corrected chi connectivity index (χ0v) is 23.3. The summed E-state index contributed by atoms with van der Waals surface area (Å²) >= 11 is 0. The Morgan fingerprint density at radius 3 is 1.39 bits per heavy atom. The molecule has 204 valence electrons. The highest BCUT2D eigenvalue weighted by atomic mass is 16.4. The monoisotopic (exact) mass is 500 g/mol. The van der Waals surface area contributed by atoms with Gasteiger partial charge in [0.05, 0.1) is 0 Å². The molecule has 1 rings (SSSR count). The van der Waals surface area contributed by atoms with E-state index in [9.17, 15) is 9.59 Å². The minimum absolute atomic E-state index is 0.348. The zero-order valence-electron chi connectivity index (χ0n) is 23.3. The molecule has 0 unspecified atom stereocenters. The largest absolute Gasteiger partial charge is 0.478 e. The molecule has 1 aromatic rings. The van der Waals surface area contributed by atoms with Crippen LogP contribution in [-0.4, -0.2) is 22.2 Å². The number of rotatable bonds is 20. The first kappa shape index (κ1) is 33.6. The lowest BCUT2D eigenvalue weighted by molar-refractivity contribution is -0.133. The highest BCUT2D eigenvalue weighted by molar-refractivity contribution is 5.91. The van der Waals surface area contributed by atoms with Gasteiger partial charge in [0, 0.05) is 11.1 Å². The summed E-state index contributed by atoms with van der Waals surface area (Å²) in [7, 11) is 0. The van der Waals surface area contributed by atoms with Crippen molar-refractivity contribution in [2.24, 2.45) is 0 Å². The first-order valence-electron chi connectivity index (χ1n) is 14.2. The molecular formula is C32H52O4. The Labute approximate surface area is 220 Å². The SMILES string of the molecule is CC(=Cc1ccccc1)C(=O)O.CCCCCCCCCCCCCCCCCCC=C(C)C(=O)O. The minimum Gasteiger partial charge on any atom is -0.478 e. The predicted octanol–water partition coefficient (Wildman–Crippen LogP) is 9.84. The molecule has 0 aliphatic heterocycles. The molecule has 1 aromatic carbocycles. The smallest absolute Gasteiger partial charge is 0.331 e. The number of hydrogen-bond acceptors (Lipinski definition) is 2. The molecule has 4 nitrogen and oxygen atoms in total. The van der Waals surface area contributed by atoms with Gasteiger partial charge < -0.3 is 10.2 Å². The van der Waals surface area contributed by atoms with Gasteiger partial charge in [-0.05, 0) is 38.3 Å². The summed E-state index contributed by atoms with van der Waals surface area (Å²) < 4.78 is 0. The number of unbranched alkanes of at least 4 members (excludes halogenated alkanes) is 16. The molecule has 0 saturated heterocycles. The van der Waals surface area contributed by atoms with Crippen molar-refractivity contribution in [2.45, 2.75) is 130 Å². The molecule has 0 spiro atoms. The Morgan fingerprint density at radius 2 is 1.00 bits per heavy atom. The van der Waals surface area contributed by atoms with Crippen LogP contribution in [0.3, 0.4) is 0 Å². The van der Waals surface area contributed by atoms with Crippen LogP contribution < -0.4 is 0 Å². The van der Waals surface area contributed by atoms with Gasteiger partial charge in [-0.3, -0.25) is 0 Å². The number of carbonyl (C=O) groups is 2. The zero-order chi connectivity index (χ0) is 26.9. The van der Waals surface area contributed by atoms with Crippen molar-refractivity contribution >= 4 is 18.0 Å². The summed E-state index contributed by atoms with van der Waals surface area (Å²) in [5, 5.41) is 17.3. The van der Waals surface area contributed by atoms with Crippen molar-refractivity contribution in [3.8, 4) is 0 Å². The molecule has 0 aliphatic rings. The Hall–Kier alpha value is -2.36. The second-order valence-corrected chi connectivity index (χ2v) is 9.83. The first-order chi connectivity index (χ1) is 17.4. The van der Waals surface area contributed by atoms with Crippen molar-refractivity contribution in [3.63, 3.8) is 0 Å².